The number of nitrogens with one attached hydrogen (secondary N) is 1. The molecular formula is C22H23N9O. The maximum Gasteiger partial charge on any atom is 0.218 e. The lowest BCUT2D eigenvalue weighted by Crippen LogP contribution is -2.07. The summed E-state index contributed by atoms with van der Waals surface area (Å²) < 4.78 is 10.9. The minimum Gasteiger partial charge on any atom is -0.496 e. The van der Waals surface area contributed by atoms with Crippen molar-refractivity contribution in [2.45, 2.75) is 13.8 Å². The van der Waals surface area contributed by atoms with Crippen LogP contribution in [0.2, 0.25) is 0 Å². The number of ether oxygens (including phenoxy) is 1. The molecule has 10 heteroatoms. The van der Waals surface area contributed by atoms with Gasteiger partial charge in [0.1, 0.15) is 17.1 Å². The Bertz CT molecular complexity index is 1440. The van der Waals surface area contributed by atoms with E-state index in [4.69, 9.17) is 14.8 Å². The second-order valence-electron chi connectivity index (χ2n) is 7.65. The zero-order chi connectivity index (χ0) is 22.4. The van der Waals surface area contributed by atoms with E-state index in [1.54, 1.807) is 24.2 Å². The summed E-state index contributed by atoms with van der Waals surface area (Å²) in [6, 6.07) is 3.83. The third kappa shape index (κ3) is 3.25. The first-order valence-electron chi connectivity index (χ1n) is 10.1. The third-order valence-electron chi connectivity index (χ3n) is 5.42. The molecule has 5 aromatic heterocycles. The van der Waals surface area contributed by atoms with E-state index < -0.39 is 0 Å². The number of nitrogens with zero attached hydrogens (tertiary/aromatic N) is 8. The monoisotopic (exact) mass is 429 g/mol. The summed E-state index contributed by atoms with van der Waals surface area (Å²) >= 11 is 0. The highest BCUT2D eigenvalue weighted by atomic mass is 16.5. The first-order valence-corrected chi connectivity index (χ1v) is 10.1. The number of anilines is 2. The van der Waals surface area contributed by atoms with Crippen LogP contribution in [0.5, 0.6) is 5.75 Å². The van der Waals surface area contributed by atoms with Gasteiger partial charge in [0.05, 0.1) is 12.8 Å². The molecule has 0 saturated carbocycles. The Labute approximate surface area is 184 Å². The summed E-state index contributed by atoms with van der Waals surface area (Å²) in [6.45, 7) is 3.99. The number of pyridine rings is 1. The lowest BCUT2D eigenvalue weighted by Gasteiger charge is -2.11. The lowest BCUT2D eigenvalue weighted by molar-refractivity contribution is 0.411. The fourth-order valence-electron chi connectivity index (χ4n) is 3.73. The number of aromatic nitrogens is 8. The summed E-state index contributed by atoms with van der Waals surface area (Å²) in [7, 11) is 5.46. The van der Waals surface area contributed by atoms with E-state index in [1.165, 1.54) is 0 Å². The molecular weight excluding hydrogens is 406 g/mol. The smallest absolute Gasteiger partial charge is 0.218 e. The van der Waals surface area contributed by atoms with E-state index in [0.29, 0.717) is 23.3 Å². The summed E-state index contributed by atoms with van der Waals surface area (Å²) in [5.41, 5.74) is 4.65. The molecule has 0 spiro atoms. The van der Waals surface area contributed by atoms with Crippen molar-refractivity contribution in [3.63, 3.8) is 0 Å². The molecule has 10 nitrogen and oxygen atoms in total. The molecule has 0 unspecified atom stereocenters. The van der Waals surface area contributed by atoms with Gasteiger partial charge in [-0.05, 0) is 25.5 Å². The zero-order valence-corrected chi connectivity index (χ0v) is 18.5. The molecule has 32 heavy (non-hydrogen) atoms. The van der Waals surface area contributed by atoms with E-state index in [0.717, 1.165) is 33.7 Å². The van der Waals surface area contributed by atoms with Gasteiger partial charge < -0.3 is 14.6 Å². The number of imidazole rings is 1. The van der Waals surface area contributed by atoms with Crippen LogP contribution >= 0.6 is 0 Å². The second kappa shape index (κ2) is 7.49. The molecule has 0 aliphatic rings. The van der Waals surface area contributed by atoms with Gasteiger partial charge in [-0.1, -0.05) is 0 Å². The molecule has 5 heterocycles. The minimum absolute atomic E-state index is 0.495. The molecule has 0 aliphatic carbocycles. The van der Waals surface area contributed by atoms with E-state index in [1.807, 2.05) is 67.7 Å². The van der Waals surface area contributed by atoms with Crippen molar-refractivity contribution in [2.75, 3.05) is 12.4 Å². The molecule has 5 aromatic rings. The van der Waals surface area contributed by atoms with Gasteiger partial charge >= 0.3 is 0 Å². The highest BCUT2D eigenvalue weighted by Gasteiger charge is 2.20. The summed E-state index contributed by atoms with van der Waals surface area (Å²) in [5.74, 6) is 3.15. The minimum atomic E-state index is 0.495. The van der Waals surface area contributed by atoms with Crippen LogP contribution in [-0.2, 0) is 14.1 Å². The van der Waals surface area contributed by atoms with Crippen molar-refractivity contribution in [2.24, 2.45) is 14.1 Å². The SMILES string of the molecule is COc1cc(Nc2nc(-c3nccn3C)nn3cc(-c4ccn(C)n4)c(C)c23)ncc1C. The first kappa shape index (κ1) is 19.7. The van der Waals surface area contributed by atoms with E-state index in [-0.39, 0.29) is 0 Å². The van der Waals surface area contributed by atoms with Gasteiger partial charge in [-0.3, -0.25) is 4.68 Å². The zero-order valence-electron chi connectivity index (χ0n) is 18.5. The predicted octanol–water partition coefficient (Wildman–Crippen LogP) is 3.29. The van der Waals surface area contributed by atoms with Gasteiger partial charge in [-0.2, -0.15) is 5.10 Å². The van der Waals surface area contributed by atoms with Crippen molar-refractivity contribution < 1.29 is 4.74 Å². The molecule has 5 rings (SSSR count). The van der Waals surface area contributed by atoms with Gasteiger partial charge in [0, 0.05) is 62.3 Å². The largest absolute Gasteiger partial charge is 0.496 e. The van der Waals surface area contributed by atoms with E-state index in [9.17, 15) is 0 Å². The van der Waals surface area contributed by atoms with Crippen LogP contribution in [0.15, 0.2) is 43.1 Å². The van der Waals surface area contributed by atoms with Crippen LogP contribution in [0.1, 0.15) is 11.1 Å². The van der Waals surface area contributed by atoms with Gasteiger partial charge in [-0.25, -0.2) is 19.5 Å². The maximum atomic E-state index is 5.46. The topological polar surface area (TPSA) is 100.0 Å². The molecule has 0 atom stereocenters. The number of fused-ring (bicyclic) bond motifs is 1. The molecule has 0 saturated heterocycles. The molecule has 1 N–H and O–H groups in total. The average Bonchev–Trinajstić information content (AvgIpc) is 3.48. The molecule has 0 aliphatic heterocycles. The fourth-order valence-corrected chi connectivity index (χ4v) is 3.73. The van der Waals surface area contributed by atoms with Crippen LogP contribution < -0.4 is 10.1 Å². The lowest BCUT2D eigenvalue weighted by atomic mass is 10.1. The Hall–Kier alpha value is -4.21. The van der Waals surface area contributed by atoms with Crippen LogP contribution in [0.4, 0.5) is 11.6 Å². The van der Waals surface area contributed by atoms with Crippen LogP contribution in [0.3, 0.4) is 0 Å². The average molecular weight is 429 g/mol. The molecule has 0 radical (unpaired) electrons. The maximum absolute atomic E-state index is 5.46. The van der Waals surface area contributed by atoms with Gasteiger partial charge in [0.2, 0.25) is 5.82 Å². The predicted molar refractivity (Wildman–Crippen MR) is 121 cm³/mol. The summed E-state index contributed by atoms with van der Waals surface area (Å²) in [5, 5.41) is 12.7. The molecule has 0 fully saturated rings. The Kier molecular flexibility index (Phi) is 4.62. The number of aryl methyl sites for hydroxylation is 4. The van der Waals surface area contributed by atoms with Crippen LogP contribution in [0.25, 0.3) is 28.4 Å². The van der Waals surface area contributed by atoms with Crippen LogP contribution in [0, 0.1) is 13.8 Å². The van der Waals surface area contributed by atoms with Crippen molar-refractivity contribution in [1.82, 2.24) is 38.9 Å². The summed E-state index contributed by atoms with van der Waals surface area (Å²) in [6.07, 6.45) is 9.24. The third-order valence-corrected chi connectivity index (χ3v) is 5.42. The molecule has 0 amide bonds. The highest BCUT2D eigenvalue weighted by molar-refractivity contribution is 5.84. The second-order valence-corrected chi connectivity index (χ2v) is 7.65. The number of methoxy groups -OCH3 is 1. The first-order chi connectivity index (χ1) is 15.4. The van der Waals surface area contributed by atoms with E-state index >= 15 is 0 Å². The Morgan fingerprint density at radius 1 is 1.06 bits per heavy atom. The number of hydrogen-bond donors (Lipinski definition) is 1. The van der Waals surface area contributed by atoms with Crippen LogP contribution in [-0.4, -0.2) is 46.0 Å². The van der Waals surface area contributed by atoms with Crippen molar-refractivity contribution >= 4 is 17.2 Å². The number of hydrogen-bond acceptors (Lipinski definition) is 7. The van der Waals surface area contributed by atoms with Crippen molar-refractivity contribution in [1.29, 1.82) is 0 Å². The van der Waals surface area contributed by atoms with Gasteiger partial charge in [-0.15, -0.1) is 5.10 Å². The normalized spacial score (nSPS) is 11.3. The van der Waals surface area contributed by atoms with Gasteiger partial charge in [0.25, 0.3) is 0 Å². The Morgan fingerprint density at radius 3 is 2.59 bits per heavy atom. The molecule has 162 valence electrons. The van der Waals surface area contributed by atoms with E-state index in [2.05, 4.69) is 20.4 Å². The van der Waals surface area contributed by atoms with Crippen molar-refractivity contribution in [3.05, 3.63) is 54.2 Å². The van der Waals surface area contributed by atoms with Crippen molar-refractivity contribution in [3.8, 4) is 28.7 Å². The fraction of sp³-hybridized carbons (Fsp3) is 0.227. The molecule has 0 aromatic carbocycles. The number of rotatable bonds is 5. The Morgan fingerprint density at radius 2 is 1.91 bits per heavy atom. The quantitative estimate of drug-likeness (QED) is 0.457. The Balaban J connectivity index is 1.71. The van der Waals surface area contributed by atoms with Gasteiger partial charge in [0.15, 0.2) is 11.6 Å². The highest BCUT2D eigenvalue weighted by Crippen LogP contribution is 2.32. The standard InChI is InChI=1S/C22H23N9O/c1-13-11-24-18(10-17(13)32-5)25-20-19-14(2)15(16-6-8-30(4)27-16)12-31(19)28-21(26-20)22-23-7-9-29(22)3/h6-12H,1-5H3,(H,24,25,26,28). The summed E-state index contributed by atoms with van der Waals surface area (Å²) in [4.78, 5) is 13.7. The molecule has 0 bridgehead atoms.